The van der Waals surface area contributed by atoms with Crippen molar-refractivity contribution >= 4 is 29.2 Å². The number of para-hydroxylation sites is 1. The van der Waals surface area contributed by atoms with Crippen molar-refractivity contribution in [1.29, 1.82) is 0 Å². The zero-order valence-electron chi connectivity index (χ0n) is 14.4. The molecule has 0 saturated carbocycles. The molecule has 4 amide bonds. The Labute approximate surface area is 151 Å². The van der Waals surface area contributed by atoms with Crippen molar-refractivity contribution in [2.45, 2.75) is 6.42 Å². The monoisotopic (exact) mass is 352 g/mol. The first-order chi connectivity index (χ1) is 12.6. The molecule has 2 aromatic rings. The first-order valence-electron chi connectivity index (χ1n) is 8.34. The third-order valence-corrected chi connectivity index (χ3v) is 4.20. The molecule has 0 saturated heterocycles. The van der Waals surface area contributed by atoms with Gasteiger partial charge in [-0.25, -0.2) is 4.79 Å². The molecule has 2 aromatic carbocycles. The highest BCUT2D eigenvalue weighted by atomic mass is 16.2. The number of benzene rings is 2. The number of fused-ring (bicyclic) bond motifs is 1. The lowest BCUT2D eigenvalue weighted by Gasteiger charge is -2.17. The number of carbonyl (C=O) groups excluding carboxylic acids is 3. The van der Waals surface area contributed by atoms with Gasteiger partial charge in [-0.15, -0.1) is 0 Å². The van der Waals surface area contributed by atoms with Gasteiger partial charge >= 0.3 is 6.03 Å². The molecule has 26 heavy (non-hydrogen) atoms. The number of urea groups is 1. The second-order valence-corrected chi connectivity index (χ2v) is 5.89. The number of amides is 4. The Hall–Kier alpha value is -3.35. The molecule has 3 rings (SSSR count). The number of hydrogen-bond acceptors (Lipinski definition) is 4. The van der Waals surface area contributed by atoms with Crippen molar-refractivity contribution in [3.63, 3.8) is 0 Å². The van der Waals surface area contributed by atoms with Crippen LogP contribution in [-0.4, -0.2) is 38.0 Å². The lowest BCUT2D eigenvalue weighted by Crippen LogP contribution is -2.40. The quantitative estimate of drug-likeness (QED) is 0.782. The van der Waals surface area contributed by atoms with Crippen LogP contribution in [0.4, 0.5) is 16.2 Å². The van der Waals surface area contributed by atoms with E-state index in [1.807, 2.05) is 24.3 Å². The van der Waals surface area contributed by atoms with E-state index in [-0.39, 0.29) is 12.5 Å². The minimum Gasteiger partial charge on any atom is -0.376 e. The fourth-order valence-corrected chi connectivity index (χ4v) is 2.85. The first kappa shape index (κ1) is 17.5. The first-order valence-corrected chi connectivity index (χ1v) is 8.34. The van der Waals surface area contributed by atoms with Crippen molar-refractivity contribution in [3.8, 4) is 0 Å². The van der Waals surface area contributed by atoms with E-state index in [4.69, 9.17) is 0 Å². The standard InChI is InChI=1S/C19H20N4O3/c1-20-19(26)22-17(24)12-21-15-8-6-14(7-9-15)18(25)23-11-10-13-4-2-3-5-16(13)23/h2-9,21H,10-12H2,1H3,(H2,20,22,24,26). The molecule has 134 valence electrons. The zero-order chi connectivity index (χ0) is 18.5. The van der Waals surface area contributed by atoms with E-state index in [0.29, 0.717) is 17.8 Å². The lowest BCUT2D eigenvalue weighted by atomic mass is 10.1. The SMILES string of the molecule is CNC(=O)NC(=O)CNc1ccc(C(=O)N2CCc3ccccc32)cc1. The summed E-state index contributed by atoms with van der Waals surface area (Å²) in [5.41, 5.74) is 3.42. The molecule has 0 radical (unpaired) electrons. The predicted molar refractivity (Wildman–Crippen MR) is 99.4 cm³/mol. The van der Waals surface area contributed by atoms with Crippen LogP contribution in [0.25, 0.3) is 0 Å². The van der Waals surface area contributed by atoms with Crippen molar-refractivity contribution in [3.05, 3.63) is 59.7 Å². The molecular weight excluding hydrogens is 332 g/mol. The molecule has 3 N–H and O–H groups in total. The number of nitrogens with one attached hydrogen (secondary N) is 3. The Morgan fingerprint density at radius 1 is 1.04 bits per heavy atom. The molecule has 0 fully saturated rings. The molecule has 1 aliphatic rings. The van der Waals surface area contributed by atoms with Crippen LogP contribution in [-0.2, 0) is 11.2 Å². The van der Waals surface area contributed by atoms with Gasteiger partial charge in [0.25, 0.3) is 5.91 Å². The van der Waals surface area contributed by atoms with Gasteiger partial charge in [-0.1, -0.05) is 18.2 Å². The van der Waals surface area contributed by atoms with Gasteiger partial charge in [0.1, 0.15) is 0 Å². The zero-order valence-corrected chi connectivity index (χ0v) is 14.4. The van der Waals surface area contributed by atoms with Crippen LogP contribution in [0.3, 0.4) is 0 Å². The summed E-state index contributed by atoms with van der Waals surface area (Å²) in [6.07, 6.45) is 0.863. The van der Waals surface area contributed by atoms with Gasteiger partial charge in [-0.3, -0.25) is 14.9 Å². The lowest BCUT2D eigenvalue weighted by molar-refractivity contribution is -0.118. The minimum atomic E-state index is -0.552. The Balaban J connectivity index is 1.60. The van der Waals surface area contributed by atoms with E-state index in [2.05, 4.69) is 16.0 Å². The maximum atomic E-state index is 12.7. The minimum absolute atomic E-state index is 0.0415. The predicted octanol–water partition coefficient (Wildman–Crippen LogP) is 1.76. The Bertz CT molecular complexity index is 833. The van der Waals surface area contributed by atoms with Gasteiger partial charge in [0.2, 0.25) is 5.91 Å². The third-order valence-electron chi connectivity index (χ3n) is 4.20. The number of imide groups is 1. The number of nitrogens with zero attached hydrogens (tertiary/aromatic N) is 1. The summed E-state index contributed by atoms with van der Waals surface area (Å²) in [6.45, 7) is 0.637. The summed E-state index contributed by atoms with van der Waals surface area (Å²) in [6, 6.07) is 14.3. The Morgan fingerprint density at radius 2 is 1.77 bits per heavy atom. The fraction of sp³-hybridized carbons (Fsp3) is 0.211. The van der Waals surface area contributed by atoms with Gasteiger partial charge < -0.3 is 15.5 Å². The van der Waals surface area contributed by atoms with E-state index >= 15 is 0 Å². The largest absolute Gasteiger partial charge is 0.376 e. The average Bonchev–Trinajstić information content (AvgIpc) is 3.10. The van der Waals surface area contributed by atoms with Crippen LogP contribution in [0.15, 0.2) is 48.5 Å². The molecule has 0 aliphatic carbocycles. The maximum absolute atomic E-state index is 12.7. The summed E-state index contributed by atoms with van der Waals surface area (Å²) in [7, 11) is 1.44. The van der Waals surface area contributed by atoms with Crippen LogP contribution in [0.2, 0.25) is 0 Å². The molecular formula is C19H20N4O3. The highest BCUT2D eigenvalue weighted by Gasteiger charge is 2.24. The molecule has 0 unspecified atom stereocenters. The van der Waals surface area contributed by atoms with Crippen LogP contribution < -0.4 is 20.9 Å². The highest BCUT2D eigenvalue weighted by Crippen LogP contribution is 2.29. The topological polar surface area (TPSA) is 90.5 Å². The molecule has 1 aliphatic heterocycles. The van der Waals surface area contributed by atoms with E-state index in [0.717, 1.165) is 12.1 Å². The van der Waals surface area contributed by atoms with Crippen LogP contribution >= 0.6 is 0 Å². The summed E-state index contributed by atoms with van der Waals surface area (Å²) in [4.78, 5) is 37.1. The number of carbonyl (C=O) groups is 3. The van der Waals surface area contributed by atoms with Crippen LogP contribution in [0.1, 0.15) is 15.9 Å². The summed E-state index contributed by atoms with van der Waals surface area (Å²) in [5.74, 6) is -0.489. The van der Waals surface area contributed by atoms with Crippen LogP contribution in [0, 0.1) is 0 Å². The Kier molecular flexibility index (Phi) is 5.17. The van der Waals surface area contributed by atoms with E-state index in [9.17, 15) is 14.4 Å². The van der Waals surface area contributed by atoms with E-state index in [1.54, 1.807) is 29.2 Å². The molecule has 1 heterocycles. The Morgan fingerprint density at radius 3 is 2.50 bits per heavy atom. The van der Waals surface area contributed by atoms with Crippen molar-refractivity contribution in [1.82, 2.24) is 10.6 Å². The number of anilines is 2. The average molecular weight is 352 g/mol. The second kappa shape index (κ2) is 7.69. The molecule has 0 aromatic heterocycles. The summed E-state index contributed by atoms with van der Waals surface area (Å²) >= 11 is 0. The van der Waals surface area contributed by atoms with Gasteiger partial charge in [-0.05, 0) is 42.3 Å². The normalized spacial score (nSPS) is 12.3. The smallest absolute Gasteiger partial charge is 0.321 e. The van der Waals surface area contributed by atoms with Crippen LogP contribution in [0.5, 0.6) is 0 Å². The molecule has 7 nitrogen and oxygen atoms in total. The fourth-order valence-electron chi connectivity index (χ4n) is 2.85. The summed E-state index contributed by atoms with van der Waals surface area (Å²) < 4.78 is 0. The van der Waals surface area contributed by atoms with E-state index < -0.39 is 11.9 Å². The number of rotatable bonds is 4. The molecule has 0 bridgehead atoms. The molecule has 7 heteroatoms. The van der Waals surface area contributed by atoms with Crippen molar-refractivity contribution in [2.75, 3.05) is 30.4 Å². The van der Waals surface area contributed by atoms with Crippen molar-refractivity contribution < 1.29 is 14.4 Å². The van der Waals surface area contributed by atoms with Gasteiger partial charge in [0.05, 0.1) is 6.54 Å². The number of hydrogen-bond donors (Lipinski definition) is 3. The molecule has 0 spiro atoms. The second-order valence-electron chi connectivity index (χ2n) is 5.89. The maximum Gasteiger partial charge on any atom is 0.321 e. The van der Waals surface area contributed by atoms with E-state index in [1.165, 1.54) is 12.6 Å². The van der Waals surface area contributed by atoms with Gasteiger partial charge in [-0.2, -0.15) is 0 Å². The third kappa shape index (κ3) is 3.83. The van der Waals surface area contributed by atoms with Gasteiger partial charge in [0.15, 0.2) is 0 Å². The van der Waals surface area contributed by atoms with Gasteiger partial charge in [0, 0.05) is 30.5 Å². The van der Waals surface area contributed by atoms with Crippen molar-refractivity contribution in [2.24, 2.45) is 0 Å². The molecule has 0 atom stereocenters. The highest BCUT2D eigenvalue weighted by molar-refractivity contribution is 6.07. The summed E-state index contributed by atoms with van der Waals surface area (Å²) in [5, 5.41) is 7.38.